The first-order chi connectivity index (χ1) is 11.9. The molecule has 25 heavy (non-hydrogen) atoms. The third-order valence-corrected chi connectivity index (χ3v) is 4.51. The van der Waals surface area contributed by atoms with E-state index >= 15 is 0 Å². The van der Waals surface area contributed by atoms with Crippen LogP contribution in [0.2, 0.25) is 0 Å². The quantitative estimate of drug-likeness (QED) is 0.502. The fraction of sp³-hybridized carbons (Fsp3) is 0.125. The normalized spacial score (nSPS) is 12.2. The van der Waals surface area contributed by atoms with Crippen LogP contribution in [-0.4, -0.2) is 24.6 Å². The van der Waals surface area contributed by atoms with E-state index < -0.39 is 11.9 Å². The second-order valence-corrected chi connectivity index (χ2v) is 6.28. The molecule has 9 heteroatoms. The zero-order valence-corrected chi connectivity index (χ0v) is 13.6. The maximum Gasteiger partial charge on any atom is 0.433 e. The number of benzene rings is 1. The standard InChI is InChI=1S/C16H10F3N5S/c1-9-8-13-22-23-15(24(13)11-5-3-2-4-10(9)11)25-14-20-7-6-12(21-14)16(17,18)19/h2-8H,1H3. The Morgan fingerprint density at radius 2 is 1.88 bits per heavy atom. The van der Waals surface area contributed by atoms with Crippen LogP contribution >= 0.6 is 11.8 Å². The second kappa shape index (κ2) is 5.69. The topological polar surface area (TPSA) is 56.0 Å². The molecule has 0 fully saturated rings. The summed E-state index contributed by atoms with van der Waals surface area (Å²) in [6.07, 6.45) is -3.43. The van der Waals surface area contributed by atoms with E-state index in [1.165, 1.54) is 0 Å². The molecule has 4 rings (SSSR count). The minimum absolute atomic E-state index is 0.0335. The number of pyridine rings is 1. The Labute approximate surface area is 143 Å². The van der Waals surface area contributed by atoms with Gasteiger partial charge in [-0.25, -0.2) is 9.97 Å². The third-order valence-electron chi connectivity index (χ3n) is 3.68. The van der Waals surface area contributed by atoms with Crippen LogP contribution < -0.4 is 0 Å². The summed E-state index contributed by atoms with van der Waals surface area (Å²) in [6, 6.07) is 10.4. The van der Waals surface area contributed by atoms with Crippen LogP contribution in [-0.2, 0) is 6.18 Å². The van der Waals surface area contributed by atoms with Gasteiger partial charge in [-0.3, -0.25) is 4.40 Å². The average molecular weight is 361 g/mol. The van der Waals surface area contributed by atoms with Gasteiger partial charge in [-0.2, -0.15) is 13.2 Å². The van der Waals surface area contributed by atoms with Gasteiger partial charge in [-0.05, 0) is 42.4 Å². The van der Waals surface area contributed by atoms with Crippen LogP contribution in [0.4, 0.5) is 13.2 Å². The van der Waals surface area contributed by atoms with E-state index in [1.54, 1.807) is 4.40 Å². The SMILES string of the molecule is Cc1cc2nnc(Sc3nccc(C(F)(F)F)n3)n2c2ccccc12. The lowest BCUT2D eigenvalue weighted by atomic mass is 10.1. The zero-order chi connectivity index (χ0) is 17.6. The molecule has 0 bridgehead atoms. The summed E-state index contributed by atoms with van der Waals surface area (Å²) in [4.78, 5) is 7.47. The molecule has 0 amide bonds. The number of aromatic nitrogens is 5. The zero-order valence-electron chi connectivity index (χ0n) is 12.8. The fourth-order valence-corrected chi connectivity index (χ4v) is 3.36. The van der Waals surface area contributed by atoms with Gasteiger partial charge >= 0.3 is 6.18 Å². The molecule has 0 saturated carbocycles. The number of nitrogens with zero attached hydrogens (tertiary/aromatic N) is 5. The van der Waals surface area contributed by atoms with Crippen molar-refractivity contribution in [2.45, 2.75) is 23.4 Å². The molecule has 5 nitrogen and oxygen atoms in total. The van der Waals surface area contributed by atoms with Crippen molar-refractivity contribution in [3.63, 3.8) is 0 Å². The maximum absolute atomic E-state index is 12.8. The van der Waals surface area contributed by atoms with Crippen LogP contribution in [0.3, 0.4) is 0 Å². The largest absolute Gasteiger partial charge is 0.433 e. The van der Waals surface area contributed by atoms with Gasteiger partial charge in [-0.1, -0.05) is 18.2 Å². The molecule has 0 radical (unpaired) electrons. The molecule has 0 atom stereocenters. The molecule has 0 unspecified atom stereocenters. The molecule has 0 aliphatic carbocycles. The van der Waals surface area contributed by atoms with Gasteiger partial charge in [0.1, 0.15) is 5.69 Å². The number of fused-ring (bicyclic) bond motifs is 3. The number of para-hydroxylation sites is 1. The van der Waals surface area contributed by atoms with Crippen LogP contribution in [0, 0.1) is 6.92 Å². The van der Waals surface area contributed by atoms with Crippen molar-refractivity contribution in [3.05, 3.63) is 53.9 Å². The first-order valence-electron chi connectivity index (χ1n) is 7.25. The highest BCUT2D eigenvalue weighted by Gasteiger charge is 2.33. The van der Waals surface area contributed by atoms with E-state index in [0.29, 0.717) is 10.8 Å². The van der Waals surface area contributed by atoms with Gasteiger partial charge in [0, 0.05) is 11.6 Å². The van der Waals surface area contributed by atoms with Crippen molar-refractivity contribution < 1.29 is 13.2 Å². The Morgan fingerprint density at radius 3 is 2.68 bits per heavy atom. The highest BCUT2D eigenvalue weighted by molar-refractivity contribution is 7.99. The smallest absolute Gasteiger partial charge is 0.270 e. The molecular weight excluding hydrogens is 351 g/mol. The first kappa shape index (κ1) is 15.8. The van der Waals surface area contributed by atoms with Gasteiger partial charge < -0.3 is 0 Å². The van der Waals surface area contributed by atoms with Crippen LogP contribution in [0.1, 0.15) is 11.3 Å². The van der Waals surface area contributed by atoms with Gasteiger partial charge in [0.25, 0.3) is 0 Å². The minimum atomic E-state index is -4.52. The van der Waals surface area contributed by atoms with Crippen molar-refractivity contribution in [2.75, 3.05) is 0 Å². The van der Waals surface area contributed by atoms with Gasteiger partial charge in [0.15, 0.2) is 10.8 Å². The number of halogens is 3. The third kappa shape index (κ3) is 2.80. The predicted molar refractivity (Wildman–Crippen MR) is 86.4 cm³/mol. The summed E-state index contributed by atoms with van der Waals surface area (Å²) in [5.74, 6) is 0. The van der Waals surface area contributed by atoms with Crippen LogP contribution in [0.5, 0.6) is 0 Å². The van der Waals surface area contributed by atoms with E-state index in [4.69, 9.17) is 0 Å². The van der Waals surface area contributed by atoms with Crippen molar-refractivity contribution in [1.29, 1.82) is 0 Å². The van der Waals surface area contributed by atoms with E-state index in [2.05, 4.69) is 20.2 Å². The lowest BCUT2D eigenvalue weighted by Crippen LogP contribution is -2.08. The maximum atomic E-state index is 12.8. The number of rotatable bonds is 2. The summed E-state index contributed by atoms with van der Waals surface area (Å²) in [5, 5.41) is 9.59. The summed E-state index contributed by atoms with van der Waals surface area (Å²) in [5.41, 5.74) is 1.55. The highest BCUT2D eigenvalue weighted by atomic mass is 32.2. The van der Waals surface area contributed by atoms with Crippen molar-refractivity contribution in [1.82, 2.24) is 24.6 Å². The summed E-state index contributed by atoms with van der Waals surface area (Å²) in [6.45, 7) is 1.97. The van der Waals surface area contributed by atoms with Gasteiger partial charge in [-0.15, -0.1) is 10.2 Å². The summed E-state index contributed by atoms with van der Waals surface area (Å²) in [7, 11) is 0. The van der Waals surface area contributed by atoms with Crippen molar-refractivity contribution >= 4 is 28.3 Å². The van der Waals surface area contributed by atoms with Gasteiger partial charge in [0.05, 0.1) is 5.52 Å². The van der Waals surface area contributed by atoms with Crippen molar-refractivity contribution in [2.24, 2.45) is 0 Å². The van der Waals surface area contributed by atoms with E-state index in [0.717, 1.165) is 40.5 Å². The molecular formula is C16H10F3N5S. The summed E-state index contributed by atoms with van der Waals surface area (Å²) < 4.78 is 40.2. The molecule has 0 saturated heterocycles. The van der Waals surface area contributed by atoms with Crippen LogP contribution in [0.15, 0.2) is 52.9 Å². The molecule has 0 N–H and O–H groups in total. The Morgan fingerprint density at radius 1 is 1.08 bits per heavy atom. The second-order valence-electron chi connectivity index (χ2n) is 5.34. The van der Waals surface area contributed by atoms with Gasteiger partial charge in [0.2, 0.25) is 5.16 Å². The Bertz CT molecular complexity index is 1090. The van der Waals surface area contributed by atoms with Crippen LogP contribution in [0.25, 0.3) is 16.6 Å². The first-order valence-corrected chi connectivity index (χ1v) is 8.07. The lowest BCUT2D eigenvalue weighted by Gasteiger charge is -2.08. The highest BCUT2D eigenvalue weighted by Crippen LogP contribution is 2.31. The Balaban J connectivity index is 1.85. The molecule has 0 aliphatic rings. The Kier molecular flexibility index (Phi) is 3.60. The molecule has 0 aliphatic heterocycles. The molecule has 3 heterocycles. The Hall–Kier alpha value is -2.68. The number of hydrogen-bond acceptors (Lipinski definition) is 5. The molecule has 0 spiro atoms. The number of alkyl halides is 3. The molecule has 4 aromatic rings. The monoisotopic (exact) mass is 361 g/mol. The fourth-order valence-electron chi connectivity index (χ4n) is 2.57. The van der Waals surface area contributed by atoms with Crippen molar-refractivity contribution in [3.8, 4) is 0 Å². The minimum Gasteiger partial charge on any atom is -0.270 e. The van der Waals surface area contributed by atoms with E-state index in [9.17, 15) is 13.2 Å². The molecule has 126 valence electrons. The molecule has 1 aromatic carbocycles. The average Bonchev–Trinajstić information content (AvgIpc) is 2.97. The number of aryl methyl sites for hydroxylation is 1. The number of hydrogen-bond donors (Lipinski definition) is 0. The van der Waals surface area contributed by atoms with E-state index in [1.807, 2.05) is 37.3 Å². The van der Waals surface area contributed by atoms with E-state index in [-0.39, 0.29) is 5.16 Å². The summed E-state index contributed by atoms with van der Waals surface area (Å²) >= 11 is 0.942. The lowest BCUT2D eigenvalue weighted by molar-refractivity contribution is -0.141. The molecule has 3 aromatic heterocycles. The predicted octanol–water partition coefficient (Wildman–Crippen LogP) is 4.15.